The summed E-state index contributed by atoms with van der Waals surface area (Å²) in [4.78, 5) is 36.0. The summed E-state index contributed by atoms with van der Waals surface area (Å²) in [5.41, 5.74) is 2.62. The second kappa shape index (κ2) is 14.7. The summed E-state index contributed by atoms with van der Waals surface area (Å²) in [6, 6.07) is 20.2. The zero-order valence-corrected chi connectivity index (χ0v) is 23.6. The number of rotatable bonds is 8. The number of carbonyl (C=O) groups excluding carboxylic acids is 2. The van der Waals surface area contributed by atoms with Crippen molar-refractivity contribution < 1.29 is 31.9 Å². The van der Waals surface area contributed by atoms with Gasteiger partial charge in [0.15, 0.2) is 5.78 Å². The summed E-state index contributed by atoms with van der Waals surface area (Å²) >= 11 is -0.750. The van der Waals surface area contributed by atoms with Gasteiger partial charge in [-0.05, 0) is 61.0 Å². The summed E-state index contributed by atoms with van der Waals surface area (Å²) in [5.74, 6) is 1.02. The van der Waals surface area contributed by atoms with Crippen molar-refractivity contribution in [3.63, 3.8) is 0 Å². The summed E-state index contributed by atoms with van der Waals surface area (Å²) in [5, 5.41) is 0. The molecule has 0 aliphatic carbocycles. The lowest BCUT2D eigenvalue weighted by atomic mass is 10.1. The van der Waals surface area contributed by atoms with E-state index >= 15 is 0 Å². The van der Waals surface area contributed by atoms with E-state index in [0.29, 0.717) is 35.8 Å². The van der Waals surface area contributed by atoms with Gasteiger partial charge in [0.1, 0.15) is 29.1 Å². The van der Waals surface area contributed by atoms with Crippen LogP contribution in [-0.2, 0) is 18.0 Å². The van der Waals surface area contributed by atoms with E-state index in [1.54, 1.807) is 35.4 Å². The van der Waals surface area contributed by atoms with Gasteiger partial charge in [0.2, 0.25) is 5.88 Å². The molecule has 1 amide bonds. The number of nitrogens with zero attached hydrogens (tertiary/aromatic N) is 3. The van der Waals surface area contributed by atoms with E-state index in [9.17, 15) is 14.0 Å². The molecule has 1 aliphatic heterocycles. The number of piperidine rings is 1. The van der Waals surface area contributed by atoms with Gasteiger partial charge in [-0.25, -0.2) is 9.37 Å². The number of carbonyl (C=O) groups is 2. The third kappa shape index (κ3) is 8.61. The second-order valence-electron chi connectivity index (χ2n) is 9.58. The lowest BCUT2D eigenvalue weighted by Crippen LogP contribution is -2.41. The van der Waals surface area contributed by atoms with Gasteiger partial charge in [0, 0.05) is 50.8 Å². The Hall–Kier alpha value is -4.77. The van der Waals surface area contributed by atoms with Crippen LogP contribution in [-0.4, -0.2) is 54.2 Å². The fraction of sp³-hybridized carbons (Fsp3) is 0.226. The Balaban J connectivity index is 0.00000129. The van der Waals surface area contributed by atoms with Gasteiger partial charge >= 0.3 is 11.6 Å². The number of pyridine rings is 2. The van der Waals surface area contributed by atoms with Crippen LogP contribution in [0.4, 0.5) is 4.39 Å². The van der Waals surface area contributed by atoms with Crippen LogP contribution in [0.25, 0.3) is 0 Å². The average molecular weight is 590 g/mol. The molecule has 1 aliphatic rings. The highest BCUT2D eigenvalue weighted by Gasteiger charge is 2.25. The van der Waals surface area contributed by atoms with Gasteiger partial charge in [0.25, 0.3) is 5.91 Å². The topological polar surface area (TPSA) is 116 Å². The van der Waals surface area contributed by atoms with Crippen LogP contribution in [0.5, 0.6) is 17.4 Å². The van der Waals surface area contributed by atoms with E-state index in [-0.39, 0.29) is 35.7 Å². The molecule has 11 heteroatoms. The van der Waals surface area contributed by atoms with Gasteiger partial charge in [-0.2, -0.15) is 8.42 Å². The first-order valence-corrected chi connectivity index (χ1v) is 13.8. The Kier molecular flexibility index (Phi) is 10.6. The molecular weight excluding hydrogens is 561 g/mol. The molecule has 5 rings (SSSR count). The maximum Gasteiger partial charge on any atom is 0.335 e. The van der Waals surface area contributed by atoms with Crippen molar-refractivity contribution in [2.24, 2.45) is 0 Å². The number of halogens is 1. The average Bonchev–Trinajstić information content (AvgIpc) is 3.01. The minimum absolute atomic E-state index is 0.0768. The second-order valence-corrected chi connectivity index (χ2v) is 9.72. The monoisotopic (exact) mass is 589 g/mol. The number of benzene rings is 2. The Morgan fingerprint density at radius 3 is 2.14 bits per heavy atom. The third-order valence-corrected chi connectivity index (χ3v) is 6.55. The molecule has 2 aromatic heterocycles. The number of Topliss-reactive ketones (excluding diaryl/α,β-unsaturated/α-hetero) is 1. The first-order valence-electron chi connectivity index (χ1n) is 13.2. The van der Waals surface area contributed by atoms with Crippen molar-refractivity contribution in [1.29, 1.82) is 0 Å². The van der Waals surface area contributed by atoms with E-state index in [0.717, 1.165) is 18.6 Å². The Morgan fingerprint density at radius 1 is 0.881 bits per heavy atom. The van der Waals surface area contributed by atoms with Crippen LogP contribution in [0.1, 0.15) is 44.8 Å². The molecule has 216 valence electrons. The molecule has 0 atom stereocenters. The highest BCUT2D eigenvalue weighted by molar-refractivity contribution is 7.51. The standard InChI is InChI=1S/C31H28FN3O4.O2S/c1-21-2-8-25(9-3-21)38-27-14-16-35(17-15-27)31(37)23-5-12-28(33-20-23)29(36)18-22-4-13-30(34-19-22)39-26-10-6-24(32)7-11-26;1-3-2/h2-13,19-20,27H,14-18H2,1H3;. The number of hydrogen-bond acceptors (Lipinski definition) is 8. The van der Waals surface area contributed by atoms with Crippen molar-refractivity contribution in [2.45, 2.75) is 32.3 Å². The number of ketones is 1. The largest absolute Gasteiger partial charge is 0.490 e. The number of aryl methyl sites for hydroxylation is 1. The normalized spacial score (nSPS) is 13.0. The molecule has 1 fully saturated rings. The maximum atomic E-state index is 13.0. The zero-order chi connectivity index (χ0) is 29.9. The van der Waals surface area contributed by atoms with E-state index in [1.165, 1.54) is 36.0 Å². The van der Waals surface area contributed by atoms with Crippen LogP contribution in [0.3, 0.4) is 0 Å². The summed E-state index contributed by atoms with van der Waals surface area (Å²) in [6.45, 7) is 3.24. The highest BCUT2D eigenvalue weighted by atomic mass is 32.1. The number of aromatic nitrogens is 2. The summed E-state index contributed by atoms with van der Waals surface area (Å²) in [6.07, 6.45) is 4.71. The molecule has 0 saturated carbocycles. The first kappa shape index (κ1) is 30.2. The Bertz CT molecular complexity index is 1520. The van der Waals surface area contributed by atoms with Crippen molar-refractivity contribution in [3.05, 3.63) is 113 Å². The molecule has 9 nitrogen and oxygen atoms in total. The molecule has 0 N–H and O–H groups in total. The number of likely N-dealkylation sites (tertiary alicyclic amines) is 1. The lowest BCUT2D eigenvalue weighted by Gasteiger charge is -2.32. The van der Waals surface area contributed by atoms with Crippen LogP contribution in [0, 0.1) is 12.7 Å². The SMILES string of the molecule is Cc1ccc(OC2CCN(C(=O)c3ccc(C(=O)Cc4ccc(Oc5ccc(F)cc5)nc4)nc3)CC2)cc1.O=S=O. The van der Waals surface area contributed by atoms with Crippen molar-refractivity contribution in [3.8, 4) is 17.4 Å². The first-order chi connectivity index (χ1) is 20.3. The van der Waals surface area contributed by atoms with Gasteiger partial charge in [-0.15, -0.1) is 0 Å². The van der Waals surface area contributed by atoms with Crippen molar-refractivity contribution >= 4 is 23.3 Å². The van der Waals surface area contributed by atoms with Gasteiger partial charge in [-0.1, -0.05) is 23.8 Å². The van der Waals surface area contributed by atoms with Crippen molar-refractivity contribution in [2.75, 3.05) is 13.1 Å². The number of amides is 1. The van der Waals surface area contributed by atoms with Crippen LogP contribution >= 0.6 is 0 Å². The molecule has 4 aromatic rings. The smallest absolute Gasteiger partial charge is 0.335 e. The van der Waals surface area contributed by atoms with Crippen LogP contribution in [0.2, 0.25) is 0 Å². The lowest BCUT2D eigenvalue weighted by molar-refractivity contribution is 0.0594. The fourth-order valence-electron chi connectivity index (χ4n) is 4.33. The molecule has 1 saturated heterocycles. The number of hydrogen-bond donors (Lipinski definition) is 0. The van der Waals surface area contributed by atoms with Crippen molar-refractivity contribution in [1.82, 2.24) is 14.9 Å². The third-order valence-electron chi connectivity index (χ3n) is 6.55. The zero-order valence-electron chi connectivity index (χ0n) is 22.8. The maximum absolute atomic E-state index is 13.0. The Labute approximate surface area is 245 Å². The van der Waals surface area contributed by atoms with E-state index in [1.807, 2.05) is 31.2 Å². The van der Waals surface area contributed by atoms with E-state index < -0.39 is 11.6 Å². The molecule has 0 unspecified atom stereocenters. The van der Waals surface area contributed by atoms with Gasteiger partial charge in [0.05, 0.1) is 5.56 Å². The molecular formula is C31H28FN3O6S. The molecule has 0 bridgehead atoms. The summed E-state index contributed by atoms with van der Waals surface area (Å²) in [7, 11) is 0. The number of ether oxygens (including phenoxy) is 2. The van der Waals surface area contributed by atoms with E-state index in [2.05, 4.69) is 9.97 Å². The molecule has 42 heavy (non-hydrogen) atoms. The van der Waals surface area contributed by atoms with Gasteiger partial charge in [-0.3, -0.25) is 14.6 Å². The molecule has 0 radical (unpaired) electrons. The van der Waals surface area contributed by atoms with Crippen LogP contribution < -0.4 is 9.47 Å². The molecule has 0 spiro atoms. The minimum Gasteiger partial charge on any atom is -0.490 e. The molecule has 2 aromatic carbocycles. The predicted molar refractivity (Wildman–Crippen MR) is 153 cm³/mol. The van der Waals surface area contributed by atoms with Crippen LogP contribution in [0.15, 0.2) is 85.2 Å². The predicted octanol–water partition coefficient (Wildman–Crippen LogP) is 5.16. The Morgan fingerprint density at radius 2 is 1.55 bits per heavy atom. The van der Waals surface area contributed by atoms with E-state index in [4.69, 9.17) is 17.9 Å². The summed E-state index contributed by atoms with van der Waals surface area (Å²) < 4.78 is 41.3. The quantitative estimate of drug-likeness (QED) is 0.259. The highest BCUT2D eigenvalue weighted by Crippen LogP contribution is 2.22. The van der Waals surface area contributed by atoms with Gasteiger partial charge < -0.3 is 14.4 Å². The molecule has 3 heterocycles. The minimum atomic E-state index is -0.750. The fourth-order valence-corrected chi connectivity index (χ4v) is 4.33.